The summed E-state index contributed by atoms with van der Waals surface area (Å²) in [6.07, 6.45) is 0. The summed E-state index contributed by atoms with van der Waals surface area (Å²) in [6.45, 7) is 11.8. The number of nitrogens with zero attached hydrogens (tertiary/aromatic N) is 4. The van der Waals surface area contributed by atoms with Gasteiger partial charge in [-0.3, -0.25) is 9.58 Å². The number of piperazine rings is 1. The van der Waals surface area contributed by atoms with Crippen molar-refractivity contribution >= 4 is 10.0 Å². The molecule has 3 rings (SSSR count). The molecule has 1 fully saturated rings. The van der Waals surface area contributed by atoms with Crippen LogP contribution in [0.25, 0.3) is 0 Å². The van der Waals surface area contributed by atoms with Crippen LogP contribution in [0, 0.1) is 20.8 Å². The molecule has 0 aliphatic carbocycles. The van der Waals surface area contributed by atoms with Gasteiger partial charge in [-0.15, -0.1) is 0 Å². The van der Waals surface area contributed by atoms with Crippen molar-refractivity contribution < 1.29 is 8.42 Å². The Morgan fingerprint density at radius 2 is 1.69 bits per heavy atom. The monoisotopic (exact) mass is 376 g/mol. The van der Waals surface area contributed by atoms with E-state index >= 15 is 0 Å². The molecule has 0 atom stereocenters. The highest BCUT2D eigenvalue weighted by Crippen LogP contribution is 2.25. The van der Waals surface area contributed by atoms with Crippen molar-refractivity contribution in [3.05, 3.63) is 46.8 Å². The minimum atomic E-state index is -3.49. The van der Waals surface area contributed by atoms with E-state index in [9.17, 15) is 8.42 Å². The van der Waals surface area contributed by atoms with Crippen LogP contribution in [0.15, 0.2) is 29.2 Å². The van der Waals surface area contributed by atoms with E-state index < -0.39 is 10.0 Å². The number of aryl methyl sites for hydroxylation is 3. The van der Waals surface area contributed by atoms with Crippen LogP contribution in [0.5, 0.6) is 0 Å². The average Bonchev–Trinajstić information content (AvgIpc) is 2.91. The summed E-state index contributed by atoms with van der Waals surface area (Å²) in [4.78, 5) is 2.70. The summed E-state index contributed by atoms with van der Waals surface area (Å²) in [5.41, 5.74) is 3.90. The van der Waals surface area contributed by atoms with E-state index in [1.165, 1.54) is 11.1 Å². The topological polar surface area (TPSA) is 58.4 Å². The van der Waals surface area contributed by atoms with Crippen molar-refractivity contribution in [2.45, 2.75) is 45.7 Å². The highest BCUT2D eigenvalue weighted by Gasteiger charge is 2.33. The molecule has 1 aliphatic rings. The Morgan fingerprint density at radius 3 is 2.27 bits per heavy atom. The lowest BCUT2D eigenvalue weighted by Gasteiger charge is -2.34. The molecule has 0 N–H and O–H groups in total. The predicted octanol–water partition coefficient (Wildman–Crippen LogP) is 2.33. The quantitative estimate of drug-likeness (QED) is 0.804. The Morgan fingerprint density at radius 1 is 1.04 bits per heavy atom. The lowest BCUT2D eigenvalue weighted by molar-refractivity contribution is 0.181. The summed E-state index contributed by atoms with van der Waals surface area (Å²) >= 11 is 0. The van der Waals surface area contributed by atoms with Gasteiger partial charge in [0.2, 0.25) is 10.0 Å². The van der Waals surface area contributed by atoms with Gasteiger partial charge in [-0.2, -0.15) is 9.40 Å². The van der Waals surface area contributed by atoms with Crippen LogP contribution in [0.3, 0.4) is 0 Å². The summed E-state index contributed by atoms with van der Waals surface area (Å²) in [6, 6.07) is 8.36. The molecule has 0 amide bonds. The number of hydrogen-bond acceptors (Lipinski definition) is 4. The maximum absolute atomic E-state index is 13.1. The minimum Gasteiger partial charge on any atom is -0.296 e. The van der Waals surface area contributed by atoms with E-state index in [0.717, 1.165) is 25.3 Å². The van der Waals surface area contributed by atoms with Gasteiger partial charge in [0.15, 0.2) is 0 Å². The largest absolute Gasteiger partial charge is 0.296 e. The third kappa shape index (κ3) is 3.56. The standard InChI is InChI=1S/C19H28N4O2S/c1-5-23-17(4)19(16(3)20-23)26(24,25)22-12-10-21(11-13-22)14-18-9-7-6-8-15(18)2/h6-9H,5,10-14H2,1-4H3. The summed E-state index contributed by atoms with van der Waals surface area (Å²) in [5, 5.41) is 4.37. The number of sulfonamides is 1. The third-order valence-corrected chi connectivity index (χ3v) is 7.35. The van der Waals surface area contributed by atoms with Gasteiger partial charge in [0.1, 0.15) is 4.90 Å². The molecule has 0 bridgehead atoms. The van der Waals surface area contributed by atoms with Crippen molar-refractivity contribution in [1.82, 2.24) is 19.0 Å². The minimum absolute atomic E-state index is 0.381. The van der Waals surface area contributed by atoms with Crippen LogP contribution in [-0.2, 0) is 23.1 Å². The Labute approximate surface area is 156 Å². The molecule has 0 unspecified atom stereocenters. The summed E-state index contributed by atoms with van der Waals surface area (Å²) in [5.74, 6) is 0. The van der Waals surface area contributed by atoms with Crippen molar-refractivity contribution in [3.63, 3.8) is 0 Å². The Balaban J connectivity index is 1.71. The second-order valence-electron chi connectivity index (χ2n) is 6.92. The maximum Gasteiger partial charge on any atom is 0.246 e. The van der Waals surface area contributed by atoms with Gasteiger partial charge >= 0.3 is 0 Å². The number of benzene rings is 1. The number of rotatable bonds is 5. The Kier molecular flexibility index (Phi) is 5.50. The molecule has 1 aliphatic heterocycles. The smallest absolute Gasteiger partial charge is 0.246 e. The molecule has 6 nitrogen and oxygen atoms in total. The molecule has 7 heteroatoms. The molecular formula is C19H28N4O2S. The number of aromatic nitrogens is 2. The van der Waals surface area contributed by atoms with Crippen molar-refractivity contribution in [2.24, 2.45) is 0 Å². The van der Waals surface area contributed by atoms with Gasteiger partial charge in [-0.05, 0) is 38.8 Å². The molecule has 2 aromatic rings. The molecule has 0 spiro atoms. The van der Waals surface area contributed by atoms with Gasteiger partial charge in [-0.1, -0.05) is 24.3 Å². The van der Waals surface area contributed by atoms with Crippen LogP contribution >= 0.6 is 0 Å². The molecule has 2 heterocycles. The molecule has 1 saturated heterocycles. The van der Waals surface area contributed by atoms with E-state index in [4.69, 9.17) is 0 Å². The fourth-order valence-electron chi connectivity index (χ4n) is 3.65. The van der Waals surface area contributed by atoms with Crippen LogP contribution in [0.2, 0.25) is 0 Å². The van der Waals surface area contributed by atoms with Crippen LogP contribution in [0.1, 0.15) is 29.4 Å². The lowest BCUT2D eigenvalue weighted by atomic mass is 10.1. The van der Waals surface area contributed by atoms with E-state index in [-0.39, 0.29) is 0 Å². The molecule has 0 saturated carbocycles. The average molecular weight is 377 g/mol. The first-order chi connectivity index (χ1) is 12.3. The van der Waals surface area contributed by atoms with Gasteiger partial charge < -0.3 is 0 Å². The molecule has 1 aromatic carbocycles. The van der Waals surface area contributed by atoms with Gasteiger partial charge in [-0.25, -0.2) is 8.42 Å². The van der Waals surface area contributed by atoms with Crippen LogP contribution < -0.4 is 0 Å². The molecular weight excluding hydrogens is 348 g/mol. The van der Waals surface area contributed by atoms with Gasteiger partial charge in [0, 0.05) is 39.3 Å². The first-order valence-corrected chi connectivity index (χ1v) is 10.6. The first kappa shape index (κ1) is 19.1. The Hall–Kier alpha value is -1.70. The molecule has 0 radical (unpaired) electrons. The first-order valence-electron chi connectivity index (χ1n) is 9.15. The summed E-state index contributed by atoms with van der Waals surface area (Å²) in [7, 11) is -3.49. The fourth-order valence-corrected chi connectivity index (χ4v) is 5.44. The molecule has 26 heavy (non-hydrogen) atoms. The normalized spacial score (nSPS) is 16.9. The number of hydrogen-bond donors (Lipinski definition) is 0. The lowest BCUT2D eigenvalue weighted by Crippen LogP contribution is -2.48. The third-order valence-electron chi connectivity index (χ3n) is 5.20. The molecule has 1 aromatic heterocycles. The predicted molar refractivity (Wildman–Crippen MR) is 103 cm³/mol. The highest BCUT2D eigenvalue weighted by atomic mass is 32.2. The van der Waals surface area contributed by atoms with E-state index in [0.29, 0.717) is 30.2 Å². The zero-order chi connectivity index (χ0) is 18.9. The van der Waals surface area contributed by atoms with E-state index in [1.54, 1.807) is 15.9 Å². The van der Waals surface area contributed by atoms with Crippen molar-refractivity contribution in [1.29, 1.82) is 0 Å². The summed E-state index contributed by atoms with van der Waals surface area (Å²) < 4.78 is 29.6. The van der Waals surface area contributed by atoms with Crippen molar-refractivity contribution in [2.75, 3.05) is 26.2 Å². The van der Waals surface area contributed by atoms with Gasteiger partial charge in [0.25, 0.3) is 0 Å². The van der Waals surface area contributed by atoms with Crippen LogP contribution in [0.4, 0.5) is 0 Å². The zero-order valence-corrected chi connectivity index (χ0v) is 16.9. The van der Waals surface area contributed by atoms with E-state index in [2.05, 4.69) is 35.1 Å². The second-order valence-corrected chi connectivity index (χ2v) is 8.80. The zero-order valence-electron chi connectivity index (χ0n) is 16.1. The SMILES string of the molecule is CCn1nc(C)c(S(=O)(=O)N2CCN(Cc3ccccc3C)CC2)c1C. The molecule has 142 valence electrons. The Bertz CT molecular complexity index is 881. The van der Waals surface area contributed by atoms with Crippen LogP contribution in [-0.4, -0.2) is 53.6 Å². The van der Waals surface area contributed by atoms with E-state index in [1.807, 2.05) is 19.9 Å². The fraction of sp³-hybridized carbons (Fsp3) is 0.526. The van der Waals surface area contributed by atoms with Gasteiger partial charge in [0.05, 0.1) is 11.4 Å². The highest BCUT2D eigenvalue weighted by molar-refractivity contribution is 7.89. The second kappa shape index (κ2) is 7.50. The van der Waals surface area contributed by atoms with Crippen molar-refractivity contribution in [3.8, 4) is 0 Å². The maximum atomic E-state index is 13.1.